The number of thiazole rings is 1. The summed E-state index contributed by atoms with van der Waals surface area (Å²) < 4.78 is 2.04. The molecule has 0 spiro atoms. The lowest BCUT2D eigenvalue weighted by molar-refractivity contribution is 0.0719. The van der Waals surface area contributed by atoms with Gasteiger partial charge in [0.25, 0.3) is 5.91 Å². The van der Waals surface area contributed by atoms with E-state index in [1.165, 1.54) is 17.8 Å². The summed E-state index contributed by atoms with van der Waals surface area (Å²) in [5.41, 5.74) is 2.44. The number of piperidine rings is 1. The Kier molecular flexibility index (Phi) is 6.27. The minimum atomic E-state index is 0.0449. The Labute approximate surface area is 194 Å². The Morgan fingerprint density at radius 1 is 1.03 bits per heavy atom. The zero-order chi connectivity index (χ0) is 21.8. The van der Waals surface area contributed by atoms with Crippen LogP contribution in [-0.4, -0.2) is 48.6 Å². The first-order valence-corrected chi connectivity index (χ1v) is 12.4. The molecule has 0 radical (unpaired) electrons. The summed E-state index contributed by atoms with van der Waals surface area (Å²) in [4.78, 5) is 23.5. The molecule has 1 fully saturated rings. The van der Waals surface area contributed by atoms with Gasteiger partial charge in [-0.2, -0.15) is 0 Å². The van der Waals surface area contributed by atoms with Crippen LogP contribution in [-0.2, 0) is 5.75 Å². The molecule has 1 saturated heterocycles. The summed E-state index contributed by atoms with van der Waals surface area (Å²) >= 11 is 3.08. The lowest BCUT2D eigenvalue weighted by Crippen LogP contribution is -2.35. The number of thioether (sulfide) groups is 1. The zero-order valence-electron chi connectivity index (χ0n) is 17.4. The second-order valence-electron chi connectivity index (χ2n) is 7.49. The average Bonchev–Trinajstić information content (AvgIpc) is 3.51. The SMILES string of the molecule is O=C(c1csc(CSc2nnc(-c3cccnc3)n2-c2ccccc2)n1)N1CCCCC1. The second-order valence-corrected chi connectivity index (χ2v) is 9.37. The molecule has 4 heterocycles. The second kappa shape index (κ2) is 9.62. The van der Waals surface area contributed by atoms with Gasteiger partial charge in [0.15, 0.2) is 11.0 Å². The maximum absolute atomic E-state index is 12.7. The quantitative estimate of drug-likeness (QED) is 0.387. The highest BCUT2D eigenvalue weighted by Gasteiger charge is 2.21. The first-order valence-electron chi connectivity index (χ1n) is 10.6. The predicted molar refractivity (Wildman–Crippen MR) is 126 cm³/mol. The highest BCUT2D eigenvalue weighted by atomic mass is 32.2. The molecule has 9 heteroatoms. The van der Waals surface area contributed by atoms with Crippen LogP contribution in [0.2, 0.25) is 0 Å². The zero-order valence-corrected chi connectivity index (χ0v) is 19.1. The molecule has 1 aliphatic rings. The van der Waals surface area contributed by atoms with Crippen molar-refractivity contribution in [1.82, 2.24) is 29.6 Å². The van der Waals surface area contributed by atoms with Crippen molar-refractivity contribution in [3.8, 4) is 17.1 Å². The van der Waals surface area contributed by atoms with Crippen molar-refractivity contribution in [3.05, 3.63) is 70.9 Å². The Bertz CT molecular complexity index is 1190. The molecule has 7 nitrogen and oxygen atoms in total. The number of para-hydroxylation sites is 1. The van der Waals surface area contributed by atoms with Crippen molar-refractivity contribution >= 4 is 29.0 Å². The number of hydrogen-bond acceptors (Lipinski definition) is 7. The van der Waals surface area contributed by atoms with Crippen molar-refractivity contribution in [1.29, 1.82) is 0 Å². The van der Waals surface area contributed by atoms with E-state index in [1.807, 2.05) is 57.3 Å². The fourth-order valence-corrected chi connectivity index (χ4v) is 5.45. The molecule has 0 atom stereocenters. The first kappa shape index (κ1) is 20.8. The molecular weight excluding hydrogens is 440 g/mol. The van der Waals surface area contributed by atoms with Crippen LogP contribution in [0.25, 0.3) is 17.1 Å². The number of rotatable bonds is 6. The number of aromatic nitrogens is 5. The molecule has 1 aromatic carbocycles. The highest BCUT2D eigenvalue weighted by Crippen LogP contribution is 2.30. The number of benzene rings is 1. The van der Waals surface area contributed by atoms with Crippen LogP contribution < -0.4 is 0 Å². The van der Waals surface area contributed by atoms with E-state index in [2.05, 4.69) is 20.2 Å². The Morgan fingerprint density at radius 3 is 2.66 bits per heavy atom. The monoisotopic (exact) mass is 462 g/mol. The maximum atomic E-state index is 12.7. The van der Waals surface area contributed by atoms with Crippen LogP contribution >= 0.6 is 23.1 Å². The molecule has 0 aliphatic carbocycles. The van der Waals surface area contributed by atoms with Gasteiger partial charge < -0.3 is 4.90 Å². The molecule has 5 rings (SSSR count). The van der Waals surface area contributed by atoms with Crippen LogP contribution in [0.15, 0.2) is 65.4 Å². The third kappa shape index (κ3) is 4.44. The molecule has 0 unspecified atom stereocenters. The molecule has 1 amide bonds. The van der Waals surface area contributed by atoms with Gasteiger partial charge in [0.1, 0.15) is 10.7 Å². The summed E-state index contributed by atoms with van der Waals surface area (Å²) in [5.74, 6) is 1.41. The normalized spacial score (nSPS) is 13.9. The van der Waals surface area contributed by atoms with Crippen molar-refractivity contribution in [2.75, 3.05) is 13.1 Å². The minimum absolute atomic E-state index is 0.0449. The molecule has 3 aromatic heterocycles. The lowest BCUT2D eigenvalue weighted by atomic mass is 10.1. The van der Waals surface area contributed by atoms with Gasteiger partial charge in [0, 0.05) is 42.1 Å². The third-order valence-corrected chi connectivity index (χ3v) is 7.28. The topological polar surface area (TPSA) is 76.8 Å². The first-order chi connectivity index (χ1) is 15.8. The molecular formula is C23H22N6OS2. The summed E-state index contributed by atoms with van der Waals surface area (Å²) in [5, 5.41) is 12.4. The van der Waals surface area contributed by atoms with Crippen molar-refractivity contribution in [2.45, 2.75) is 30.2 Å². The number of carbonyl (C=O) groups is 1. The average molecular weight is 463 g/mol. The molecule has 32 heavy (non-hydrogen) atoms. The molecule has 4 aromatic rings. The number of carbonyl (C=O) groups excluding carboxylic acids is 1. The summed E-state index contributed by atoms with van der Waals surface area (Å²) in [6, 6.07) is 13.9. The van der Waals surface area contributed by atoms with Crippen molar-refractivity contribution in [2.24, 2.45) is 0 Å². The van der Waals surface area contributed by atoms with Gasteiger partial charge in [-0.25, -0.2) is 4.98 Å². The van der Waals surface area contributed by atoms with E-state index >= 15 is 0 Å². The number of amides is 1. The third-order valence-electron chi connectivity index (χ3n) is 5.31. The van der Waals surface area contributed by atoms with E-state index in [1.54, 1.807) is 24.2 Å². The van der Waals surface area contributed by atoms with Crippen molar-refractivity contribution < 1.29 is 4.79 Å². The number of likely N-dealkylation sites (tertiary alicyclic amines) is 1. The van der Waals surface area contributed by atoms with E-state index in [-0.39, 0.29) is 5.91 Å². The molecule has 0 N–H and O–H groups in total. The number of pyridine rings is 1. The van der Waals surface area contributed by atoms with Crippen LogP contribution in [0.4, 0.5) is 0 Å². The Balaban J connectivity index is 1.37. The van der Waals surface area contributed by atoms with E-state index in [0.717, 1.165) is 53.2 Å². The van der Waals surface area contributed by atoms with Crippen LogP contribution in [0.3, 0.4) is 0 Å². The number of hydrogen-bond donors (Lipinski definition) is 0. The van der Waals surface area contributed by atoms with Gasteiger partial charge in [-0.15, -0.1) is 21.5 Å². The summed E-state index contributed by atoms with van der Waals surface area (Å²) in [7, 11) is 0. The largest absolute Gasteiger partial charge is 0.337 e. The lowest BCUT2D eigenvalue weighted by Gasteiger charge is -2.25. The Morgan fingerprint density at radius 2 is 1.88 bits per heavy atom. The van der Waals surface area contributed by atoms with E-state index in [0.29, 0.717) is 11.4 Å². The van der Waals surface area contributed by atoms with Gasteiger partial charge in [-0.05, 0) is 43.5 Å². The maximum Gasteiger partial charge on any atom is 0.273 e. The predicted octanol–water partition coefficient (Wildman–Crippen LogP) is 4.70. The van der Waals surface area contributed by atoms with Crippen LogP contribution in [0.5, 0.6) is 0 Å². The molecule has 0 saturated carbocycles. The van der Waals surface area contributed by atoms with Crippen LogP contribution in [0.1, 0.15) is 34.8 Å². The van der Waals surface area contributed by atoms with Gasteiger partial charge >= 0.3 is 0 Å². The van der Waals surface area contributed by atoms with Crippen LogP contribution in [0, 0.1) is 0 Å². The fourth-order valence-electron chi connectivity index (χ4n) is 3.72. The van der Waals surface area contributed by atoms with Gasteiger partial charge in [-0.3, -0.25) is 14.3 Å². The highest BCUT2D eigenvalue weighted by molar-refractivity contribution is 7.98. The smallest absolute Gasteiger partial charge is 0.273 e. The fraction of sp³-hybridized carbons (Fsp3) is 0.261. The summed E-state index contributed by atoms with van der Waals surface area (Å²) in [6.07, 6.45) is 6.89. The van der Waals surface area contributed by atoms with Crippen molar-refractivity contribution in [3.63, 3.8) is 0 Å². The summed E-state index contributed by atoms with van der Waals surface area (Å²) in [6.45, 7) is 1.66. The van der Waals surface area contributed by atoms with E-state index in [4.69, 9.17) is 0 Å². The molecule has 162 valence electrons. The molecule has 0 bridgehead atoms. The standard InChI is InChI=1S/C23H22N6OS2/c30-22(28-12-5-2-6-13-28)19-15-31-20(25-19)16-32-23-27-26-21(17-8-7-11-24-14-17)29(23)18-9-3-1-4-10-18/h1,3-4,7-11,14-15H,2,5-6,12-13,16H2. The molecule has 1 aliphatic heterocycles. The van der Waals surface area contributed by atoms with Gasteiger partial charge in [-0.1, -0.05) is 30.0 Å². The van der Waals surface area contributed by atoms with E-state index < -0.39 is 0 Å². The van der Waals surface area contributed by atoms with Gasteiger partial charge in [0.2, 0.25) is 0 Å². The Hall–Kier alpha value is -3.04. The van der Waals surface area contributed by atoms with Gasteiger partial charge in [0.05, 0.1) is 5.75 Å². The minimum Gasteiger partial charge on any atom is -0.337 e. The number of nitrogens with zero attached hydrogens (tertiary/aromatic N) is 6. The van der Waals surface area contributed by atoms with E-state index in [9.17, 15) is 4.79 Å².